The Morgan fingerprint density at radius 2 is 2.21 bits per heavy atom. The van der Waals surface area contributed by atoms with Crippen LogP contribution in [0.3, 0.4) is 0 Å². The highest BCUT2D eigenvalue weighted by Gasteiger charge is 2.18. The van der Waals surface area contributed by atoms with Gasteiger partial charge in [-0.15, -0.1) is 0 Å². The Labute approximate surface area is 120 Å². The molecule has 0 aliphatic heterocycles. The fourth-order valence-electron chi connectivity index (χ4n) is 1.92. The lowest BCUT2D eigenvalue weighted by Crippen LogP contribution is -2.12. The molecule has 0 atom stereocenters. The number of nitrogens with two attached hydrogens (primary N) is 1. The number of benzene rings is 1. The highest BCUT2D eigenvalue weighted by atomic mass is 79.9. The molecular weight excluding hydrogens is 306 g/mol. The molecule has 0 fully saturated rings. The van der Waals surface area contributed by atoms with E-state index in [9.17, 15) is 4.79 Å². The van der Waals surface area contributed by atoms with Gasteiger partial charge < -0.3 is 5.73 Å². The first kappa shape index (κ1) is 13.8. The zero-order chi connectivity index (χ0) is 14.0. The number of anilines is 1. The largest absolute Gasteiger partial charge is 0.399 e. The predicted molar refractivity (Wildman–Crippen MR) is 79.2 cm³/mol. The maximum absolute atomic E-state index is 12.6. The van der Waals surface area contributed by atoms with Gasteiger partial charge >= 0.3 is 0 Å². The zero-order valence-corrected chi connectivity index (χ0v) is 12.6. The number of hydrogen-bond donors (Lipinski definition) is 1. The number of rotatable bonds is 4. The summed E-state index contributed by atoms with van der Waals surface area (Å²) in [6, 6.07) is 5.32. The number of aryl methyl sites for hydroxylation is 2. The normalized spacial score (nSPS) is 10.7. The number of carbonyl (C=O) groups excluding carboxylic acids is 1. The summed E-state index contributed by atoms with van der Waals surface area (Å²) in [5.74, 6) is -0.0408. The molecular formula is C14H16BrN3O. The van der Waals surface area contributed by atoms with Crippen LogP contribution in [0.4, 0.5) is 5.69 Å². The van der Waals surface area contributed by atoms with Crippen molar-refractivity contribution in [1.29, 1.82) is 0 Å². The summed E-state index contributed by atoms with van der Waals surface area (Å²) in [6.45, 7) is 4.67. The van der Waals surface area contributed by atoms with E-state index < -0.39 is 0 Å². The van der Waals surface area contributed by atoms with E-state index in [-0.39, 0.29) is 5.78 Å². The molecule has 0 amide bonds. The highest BCUT2D eigenvalue weighted by molar-refractivity contribution is 9.10. The molecule has 0 aliphatic carbocycles. The topological polar surface area (TPSA) is 60.9 Å². The first-order chi connectivity index (χ1) is 9.04. The fourth-order valence-corrected chi connectivity index (χ4v) is 2.40. The van der Waals surface area contributed by atoms with Crippen molar-refractivity contribution in [3.63, 3.8) is 0 Å². The summed E-state index contributed by atoms with van der Waals surface area (Å²) in [5.41, 5.74) is 8.59. The number of nitrogens with zero attached hydrogens (tertiary/aromatic N) is 2. The molecule has 0 saturated carbocycles. The van der Waals surface area contributed by atoms with Gasteiger partial charge in [-0.05, 0) is 53.0 Å². The molecule has 1 heterocycles. The second-order valence-corrected chi connectivity index (χ2v) is 5.32. The van der Waals surface area contributed by atoms with Crippen LogP contribution in [-0.2, 0) is 6.54 Å². The molecule has 0 spiro atoms. The average molecular weight is 322 g/mol. The van der Waals surface area contributed by atoms with Crippen molar-refractivity contribution in [3.8, 4) is 0 Å². The van der Waals surface area contributed by atoms with E-state index in [1.165, 1.54) is 0 Å². The quantitative estimate of drug-likeness (QED) is 0.695. The molecule has 4 nitrogen and oxygen atoms in total. The molecule has 2 aromatic rings. The van der Waals surface area contributed by atoms with Gasteiger partial charge in [0.1, 0.15) is 5.69 Å². The molecule has 2 N–H and O–H groups in total. The van der Waals surface area contributed by atoms with Crippen molar-refractivity contribution in [2.75, 3.05) is 5.73 Å². The number of ketones is 1. The van der Waals surface area contributed by atoms with E-state index in [0.29, 0.717) is 16.9 Å². The van der Waals surface area contributed by atoms with E-state index in [2.05, 4.69) is 28.0 Å². The van der Waals surface area contributed by atoms with Crippen LogP contribution in [-0.4, -0.2) is 15.6 Å². The van der Waals surface area contributed by atoms with E-state index >= 15 is 0 Å². The number of halogens is 1. The third-order valence-electron chi connectivity index (χ3n) is 2.98. The van der Waals surface area contributed by atoms with Crippen LogP contribution >= 0.6 is 15.9 Å². The van der Waals surface area contributed by atoms with Crippen LogP contribution in [0.1, 0.15) is 35.0 Å². The lowest BCUT2D eigenvalue weighted by atomic mass is 10.0. The second-order valence-electron chi connectivity index (χ2n) is 4.46. The minimum Gasteiger partial charge on any atom is -0.399 e. The van der Waals surface area contributed by atoms with Gasteiger partial charge in [-0.2, -0.15) is 5.10 Å². The molecule has 2 rings (SSSR count). The van der Waals surface area contributed by atoms with Crippen molar-refractivity contribution in [3.05, 3.63) is 45.7 Å². The molecule has 19 heavy (non-hydrogen) atoms. The second kappa shape index (κ2) is 5.57. The van der Waals surface area contributed by atoms with Gasteiger partial charge in [0.05, 0.1) is 10.7 Å². The Morgan fingerprint density at radius 1 is 1.47 bits per heavy atom. The number of hydrogen-bond acceptors (Lipinski definition) is 3. The first-order valence-electron chi connectivity index (χ1n) is 6.16. The van der Waals surface area contributed by atoms with E-state index in [0.717, 1.165) is 23.0 Å². The summed E-state index contributed by atoms with van der Waals surface area (Å²) in [6.07, 6.45) is 2.59. The van der Waals surface area contributed by atoms with Crippen molar-refractivity contribution < 1.29 is 4.79 Å². The lowest BCUT2D eigenvalue weighted by Gasteiger charge is -2.08. The SMILES string of the molecule is CCCn1ncc(Br)c1C(=O)c1ccc(N)c(C)c1. The molecule has 100 valence electrons. The minimum atomic E-state index is -0.0408. The van der Waals surface area contributed by atoms with Gasteiger partial charge in [0.2, 0.25) is 5.78 Å². The van der Waals surface area contributed by atoms with Crippen molar-refractivity contribution in [1.82, 2.24) is 9.78 Å². The zero-order valence-electron chi connectivity index (χ0n) is 11.0. The van der Waals surface area contributed by atoms with E-state index in [1.54, 1.807) is 23.0 Å². The Morgan fingerprint density at radius 3 is 2.84 bits per heavy atom. The summed E-state index contributed by atoms with van der Waals surface area (Å²) >= 11 is 3.39. The number of carbonyl (C=O) groups is 1. The highest BCUT2D eigenvalue weighted by Crippen LogP contribution is 2.22. The van der Waals surface area contributed by atoms with Gasteiger partial charge in [-0.25, -0.2) is 0 Å². The standard InChI is InChI=1S/C14H16BrN3O/c1-3-6-18-13(11(15)8-17-18)14(19)10-4-5-12(16)9(2)7-10/h4-5,7-8H,3,6,16H2,1-2H3. The van der Waals surface area contributed by atoms with Crippen LogP contribution in [0.15, 0.2) is 28.9 Å². The third-order valence-corrected chi connectivity index (χ3v) is 3.56. The lowest BCUT2D eigenvalue weighted by molar-refractivity contribution is 0.102. The molecule has 0 bridgehead atoms. The number of nitrogen functional groups attached to an aromatic ring is 1. The van der Waals surface area contributed by atoms with Crippen molar-refractivity contribution in [2.24, 2.45) is 0 Å². The fraction of sp³-hybridized carbons (Fsp3) is 0.286. The Hall–Kier alpha value is -1.62. The van der Waals surface area contributed by atoms with Gasteiger partial charge in [-0.3, -0.25) is 9.48 Å². The van der Waals surface area contributed by atoms with E-state index in [1.807, 2.05) is 13.0 Å². The van der Waals surface area contributed by atoms with Crippen LogP contribution < -0.4 is 5.73 Å². The summed E-state index contributed by atoms with van der Waals surface area (Å²) in [7, 11) is 0. The molecule has 0 radical (unpaired) electrons. The maximum atomic E-state index is 12.6. The number of aromatic nitrogens is 2. The first-order valence-corrected chi connectivity index (χ1v) is 6.96. The summed E-state index contributed by atoms with van der Waals surface area (Å²) in [5, 5.41) is 4.22. The molecule has 0 saturated heterocycles. The predicted octanol–water partition coefficient (Wildman–Crippen LogP) is 3.18. The van der Waals surface area contributed by atoms with Gasteiger partial charge in [0, 0.05) is 17.8 Å². The molecule has 5 heteroatoms. The smallest absolute Gasteiger partial charge is 0.212 e. The molecule has 0 unspecified atom stereocenters. The Balaban J connectivity index is 2.43. The monoisotopic (exact) mass is 321 g/mol. The summed E-state index contributed by atoms with van der Waals surface area (Å²) < 4.78 is 2.46. The summed E-state index contributed by atoms with van der Waals surface area (Å²) in [4.78, 5) is 12.6. The van der Waals surface area contributed by atoms with Gasteiger partial charge in [0.25, 0.3) is 0 Å². The van der Waals surface area contributed by atoms with Crippen LogP contribution in [0.25, 0.3) is 0 Å². The average Bonchev–Trinajstić information content (AvgIpc) is 2.74. The van der Waals surface area contributed by atoms with E-state index in [4.69, 9.17) is 5.73 Å². The minimum absolute atomic E-state index is 0.0408. The molecule has 0 aliphatic rings. The Kier molecular flexibility index (Phi) is 4.04. The molecule has 1 aromatic heterocycles. The van der Waals surface area contributed by atoms with Crippen molar-refractivity contribution >= 4 is 27.4 Å². The maximum Gasteiger partial charge on any atom is 0.212 e. The molecule has 1 aromatic carbocycles. The van der Waals surface area contributed by atoms with Gasteiger partial charge in [0.15, 0.2) is 0 Å². The Bertz CT molecular complexity index is 619. The van der Waals surface area contributed by atoms with Crippen LogP contribution in [0.5, 0.6) is 0 Å². The van der Waals surface area contributed by atoms with Crippen molar-refractivity contribution in [2.45, 2.75) is 26.8 Å². The van der Waals surface area contributed by atoms with Crippen LogP contribution in [0.2, 0.25) is 0 Å². The third kappa shape index (κ3) is 2.71. The van der Waals surface area contributed by atoms with Crippen LogP contribution in [0, 0.1) is 6.92 Å². The van der Waals surface area contributed by atoms with Gasteiger partial charge in [-0.1, -0.05) is 6.92 Å².